The summed E-state index contributed by atoms with van der Waals surface area (Å²) in [4.78, 5) is 26.4. The van der Waals surface area contributed by atoms with Crippen molar-refractivity contribution in [2.24, 2.45) is 0 Å². The van der Waals surface area contributed by atoms with Gasteiger partial charge in [0.25, 0.3) is 0 Å². The van der Waals surface area contributed by atoms with Crippen LogP contribution in [0.2, 0.25) is 0 Å². The lowest BCUT2D eigenvalue weighted by Gasteiger charge is -2.11. The molecule has 0 radical (unpaired) electrons. The number of anilines is 2. The number of fused-ring (bicyclic) bond motifs is 1. The van der Waals surface area contributed by atoms with Crippen LogP contribution in [0.15, 0.2) is 48.5 Å². The van der Waals surface area contributed by atoms with Crippen LogP contribution in [0.5, 0.6) is 0 Å². The van der Waals surface area contributed by atoms with Crippen LogP contribution in [0, 0.1) is 6.92 Å². The van der Waals surface area contributed by atoms with Gasteiger partial charge in [0, 0.05) is 22.5 Å². The lowest BCUT2D eigenvalue weighted by Crippen LogP contribution is -1.99. The molecule has 6 nitrogen and oxygen atoms in total. The third kappa shape index (κ3) is 3.03. The van der Waals surface area contributed by atoms with E-state index in [1.165, 1.54) is 24.3 Å². The standard InChI is InChI=1S/C18H14N2O4/c1-10-8-15(20-13-5-2-11(3-6-13)17(21)22)14-7-4-12(18(23)24)9-16(14)19-10/h2-9H,1H3,(H,19,20)(H,21,22)(H,23,24). The molecule has 3 N–H and O–H groups in total. The summed E-state index contributed by atoms with van der Waals surface area (Å²) >= 11 is 0. The fraction of sp³-hybridized carbons (Fsp3) is 0.0556. The Balaban J connectivity index is 2.02. The zero-order valence-electron chi connectivity index (χ0n) is 12.8. The van der Waals surface area contributed by atoms with E-state index in [9.17, 15) is 9.59 Å². The number of rotatable bonds is 4. The first-order chi connectivity index (χ1) is 11.4. The number of carboxylic acid groups (broad SMARTS) is 2. The molecule has 0 aliphatic carbocycles. The number of aromatic carboxylic acids is 2. The number of pyridine rings is 1. The van der Waals surface area contributed by atoms with Gasteiger partial charge in [-0.05, 0) is 55.5 Å². The van der Waals surface area contributed by atoms with Crippen LogP contribution in [0.1, 0.15) is 26.4 Å². The van der Waals surface area contributed by atoms with Gasteiger partial charge in [-0.1, -0.05) is 0 Å². The van der Waals surface area contributed by atoms with E-state index in [1.54, 1.807) is 18.2 Å². The summed E-state index contributed by atoms with van der Waals surface area (Å²) in [7, 11) is 0. The number of nitrogens with one attached hydrogen (secondary N) is 1. The first-order valence-electron chi connectivity index (χ1n) is 7.19. The smallest absolute Gasteiger partial charge is 0.335 e. The highest BCUT2D eigenvalue weighted by molar-refractivity contribution is 5.98. The largest absolute Gasteiger partial charge is 0.478 e. The predicted octanol–water partition coefficient (Wildman–Crippen LogP) is 3.68. The summed E-state index contributed by atoms with van der Waals surface area (Å²) in [5, 5.41) is 22.0. The molecule has 6 heteroatoms. The van der Waals surface area contributed by atoms with Crippen LogP contribution in [0.3, 0.4) is 0 Å². The van der Waals surface area contributed by atoms with Crippen molar-refractivity contribution in [2.75, 3.05) is 5.32 Å². The molecule has 2 aromatic carbocycles. The van der Waals surface area contributed by atoms with Crippen molar-refractivity contribution in [3.8, 4) is 0 Å². The molecule has 0 saturated carbocycles. The average molecular weight is 322 g/mol. The average Bonchev–Trinajstić information content (AvgIpc) is 2.54. The molecule has 3 rings (SSSR count). The number of benzene rings is 2. The highest BCUT2D eigenvalue weighted by Crippen LogP contribution is 2.27. The molecule has 0 unspecified atom stereocenters. The highest BCUT2D eigenvalue weighted by Gasteiger charge is 2.09. The molecule has 3 aromatic rings. The molecule has 0 aliphatic rings. The molecule has 0 amide bonds. The van der Waals surface area contributed by atoms with Gasteiger partial charge in [0.15, 0.2) is 0 Å². The minimum Gasteiger partial charge on any atom is -0.478 e. The van der Waals surface area contributed by atoms with Gasteiger partial charge in [0.05, 0.1) is 16.6 Å². The molecule has 120 valence electrons. The Bertz CT molecular complexity index is 949. The SMILES string of the molecule is Cc1cc(Nc2ccc(C(=O)O)cc2)c2ccc(C(=O)O)cc2n1. The van der Waals surface area contributed by atoms with Crippen molar-refractivity contribution >= 4 is 34.2 Å². The van der Waals surface area contributed by atoms with E-state index < -0.39 is 11.9 Å². The van der Waals surface area contributed by atoms with E-state index in [0.29, 0.717) is 5.52 Å². The number of nitrogens with zero attached hydrogens (tertiary/aromatic N) is 1. The van der Waals surface area contributed by atoms with Crippen molar-refractivity contribution in [2.45, 2.75) is 6.92 Å². The fourth-order valence-electron chi connectivity index (χ4n) is 2.45. The summed E-state index contributed by atoms with van der Waals surface area (Å²) in [6.45, 7) is 1.82. The molecule has 24 heavy (non-hydrogen) atoms. The number of aryl methyl sites for hydroxylation is 1. The van der Waals surface area contributed by atoms with Crippen LogP contribution >= 0.6 is 0 Å². The minimum absolute atomic E-state index is 0.178. The van der Waals surface area contributed by atoms with E-state index in [2.05, 4.69) is 10.3 Å². The van der Waals surface area contributed by atoms with E-state index >= 15 is 0 Å². The number of hydrogen-bond donors (Lipinski definition) is 3. The summed E-state index contributed by atoms with van der Waals surface area (Å²) in [6.07, 6.45) is 0. The Labute approximate surface area is 137 Å². The van der Waals surface area contributed by atoms with Crippen molar-refractivity contribution in [1.82, 2.24) is 4.98 Å². The second kappa shape index (κ2) is 6.00. The predicted molar refractivity (Wildman–Crippen MR) is 90.1 cm³/mol. The van der Waals surface area contributed by atoms with Crippen molar-refractivity contribution < 1.29 is 19.8 Å². The van der Waals surface area contributed by atoms with Crippen molar-refractivity contribution in [1.29, 1.82) is 0 Å². The molecule has 0 aliphatic heterocycles. The first-order valence-corrected chi connectivity index (χ1v) is 7.19. The second-order valence-electron chi connectivity index (χ2n) is 5.36. The molecular formula is C18H14N2O4. The molecule has 0 spiro atoms. The number of hydrogen-bond acceptors (Lipinski definition) is 4. The van der Waals surface area contributed by atoms with Gasteiger partial charge in [0.1, 0.15) is 0 Å². The van der Waals surface area contributed by atoms with Crippen LogP contribution in [0.4, 0.5) is 11.4 Å². The fourth-order valence-corrected chi connectivity index (χ4v) is 2.45. The number of aromatic nitrogens is 1. The van der Waals surface area contributed by atoms with Gasteiger partial charge in [-0.2, -0.15) is 0 Å². The first kappa shape index (κ1) is 15.5. The van der Waals surface area contributed by atoms with E-state index in [4.69, 9.17) is 10.2 Å². The maximum absolute atomic E-state index is 11.1. The quantitative estimate of drug-likeness (QED) is 0.677. The van der Waals surface area contributed by atoms with Crippen molar-refractivity contribution in [3.63, 3.8) is 0 Å². The molecular weight excluding hydrogens is 308 g/mol. The summed E-state index contributed by atoms with van der Waals surface area (Å²) in [6, 6.07) is 13.0. The van der Waals surface area contributed by atoms with E-state index in [0.717, 1.165) is 22.5 Å². The van der Waals surface area contributed by atoms with Crippen LogP contribution in [-0.2, 0) is 0 Å². The summed E-state index contributed by atoms with van der Waals surface area (Å²) in [5.74, 6) is -1.98. The zero-order chi connectivity index (χ0) is 17.3. The maximum atomic E-state index is 11.1. The third-order valence-corrected chi connectivity index (χ3v) is 3.60. The number of carbonyl (C=O) groups is 2. The Morgan fingerprint density at radius 3 is 2.17 bits per heavy atom. The van der Waals surface area contributed by atoms with Gasteiger partial charge in [-0.25, -0.2) is 9.59 Å². The Morgan fingerprint density at radius 2 is 1.54 bits per heavy atom. The van der Waals surface area contributed by atoms with Gasteiger partial charge in [-0.15, -0.1) is 0 Å². The summed E-state index contributed by atoms with van der Waals surface area (Å²) in [5.41, 5.74) is 3.22. The van der Waals surface area contributed by atoms with E-state index in [1.807, 2.05) is 13.0 Å². The molecule has 1 heterocycles. The van der Waals surface area contributed by atoms with Gasteiger partial charge < -0.3 is 15.5 Å². The third-order valence-electron chi connectivity index (χ3n) is 3.60. The lowest BCUT2D eigenvalue weighted by atomic mass is 10.1. The monoisotopic (exact) mass is 322 g/mol. The normalized spacial score (nSPS) is 10.5. The molecule has 0 bridgehead atoms. The lowest BCUT2D eigenvalue weighted by molar-refractivity contribution is 0.0686. The highest BCUT2D eigenvalue weighted by atomic mass is 16.4. The molecule has 0 fully saturated rings. The zero-order valence-corrected chi connectivity index (χ0v) is 12.8. The molecule has 0 atom stereocenters. The van der Waals surface area contributed by atoms with Crippen LogP contribution in [-0.4, -0.2) is 27.1 Å². The van der Waals surface area contributed by atoms with Gasteiger partial charge >= 0.3 is 11.9 Å². The molecule has 1 aromatic heterocycles. The second-order valence-corrected chi connectivity index (χ2v) is 5.36. The van der Waals surface area contributed by atoms with Gasteiger partial charge in [0.2, 0.25) is 0 Å². The maximum Gasteiger partial charge on any atom is 0.335 e. The van der Waals surface area contributed by atoms with Crippen molar-refractivity contribution in [3.05, 3.63) is 65.4 Å². The Morgan fingerprint density at radius 1 is 0.917 bits per heavy atom. The Kier molecular flexibility index (Phi) is 3.87. The topological polar surface area (TPSA) is 99.5 Å². The Hall–Kier alpha value is -3.41. The number of carboxylic acids is 2. The summed E-state index contributed by atoms with van der Waals surface area (Å²) < 4.78 is 0. The molecule has 0 saturated heterocycles. The van der Waals surface area contributed by atoms with Gasteiger partial charge in [-0.3, -0.25) is 4.98 Å². The van der Waals surface area contributed by atoms with Crippen LogP contribution < -0.4 is 5.32 Å². The van der Waals surface area contributed by atoms with E-state index in [-0.39, 0.29) is 11.1 Å². The van der Waals surface area contributed by atoms with Crippen LogP contribution in [0.25, 0.3) is 10.9 Å². The minimum atomic E-state index is -1.00.